The van der Waals surface area contributed by atoms with Gasteiger partial charge in [-0.15, -0.1) is 0 Å². The highest BCUT2D eigenvalue weighted by Gasteiger charge is 2.18. The molecule has 1 aliphatic carbocycles. The largest absolute Gasteiger partial charge is 0.385 e. The van der Waals surface area contributed by atoms with Crippen molar-refractivity contribution >= 4 is 11.4 Å². The molecule has 3 N–H and O–H groups in total. The summed E-state index contributed by atoms with van der Waals surface area (Å²) in [5.41, 5.74) is 9.92. The quantitative estimate of drug-likeness (QED) is 0.834. The van der Waals surface area contributed by atoms with Crippen LogP contribution in [0.3, 0.4) is 0 Å². The molecule has 0 atom stereocenters. The second-order valence-corrected chi connectivity index (χ2v) is 6.54. The molecule has 1 aromatic carbocycles. The highest BCUT2D eigenvalue weighted by atomic mass is 15.1. The lowest BCUT2D eigenvalue weighted by Gasteiger charge is -2.27. The third-order valence-corrected chi connectivity index (χ3v) is 4.87. The Morgan fingerprint density at radius 1 is 1.14 bits per heavy atom. The fourth-order valence-corrected chi connectivity index (χ4v) is 3.38. The molecule has 3 heteroatoms. The van der Waals surface area contributed by atoms with E-state index in [2.05, 4.69) is 47.5 Å². The minimum atomic E-state index is 0.441. The molecule has 0 amide bonds. The first-order valence-corrected chi connectivity index (χ1v) is 8.22. The Hall–Kier alpha value is -1.48. The molecule has 2 aliphatic rings. The van der Waals surface area contributed by atoms with Crippen LogP contribution >= 0.6 is 0 Å². The Bertz CT molecular complexity index is 493. The number of anilines is 2. The van der Waals surface area contributed by atoms with Crippen molar-refractivity contribution in [1.29, 1.82) is 0 Å². The van der Waals surface area contributed by atoms with E-state index in [1.165, 1.54) is 42.6 Å². The summed E-state index contributed by atoms with van der Waals surface area (Å²) >= 11 is 0. The number of nitrogens with one attached hydrogen (secondary N) is 1. The van der Waals surface area contributed by atoms with E-state index in [1.807, 2.05) is 0 Å². The number of hydrogen-bond acceptors (Lipinski definition) is 3. The lowest BCUT2D eigenvalue weighted by molar-refractivity contribution is 0.339. The fraction of sp³-hybridized carbons (Fsp3) is 0.556. The van der Waals surface area contributed by atoms with E-state index >= 15 is 0 Å². The smallest absolute Gasteiger partial charge is 0.0376 e. The van der Waals surface area contributed by atoms with Crippen molar-refractivity contribution in [2.45, 2.75) is 38.6 Å². The number of hydrogen-bond donors (Lipinski definition) is 2. The van der Waals surface area contributed by atoms with Crippen molar-refractivity contribution in [3.63, 3.8) is 0 Å². The highest BCUT2D eigenvalue weighted by molar-refractivity contribution is 5.61. The Morgan fingerprint density at radius 3 is 2.52 bits per heavy atom. The predicted molar refractivity (Wildman–Crippen MR) is 91.0 cm³/mol. The van der Waals surface area contributed by atoms with Crippen molar-refractivity contribution in [1.82, 2.24) is 0 Å². The maximum Gasteiger partial charge on any atom is 0.0376 e. The first-order chi connectivity index (χ1) is 10.2. The molecule has 1 aromatic rings. The lowest BCUT2D eigenvalue weighted by atomic mass is 9.86. The Morgan fingerprint density at radius 2 is 1.86 bits per heavy atom. The average molecular weight is 285 g/mol. The van der Waals surface area contributed by atoms with Gasteiger partial charge in [0.05, 0.1) is 0 Å². The van der Waals surface area contributed by atoms with Crippen molar-refractivity contribution in [2.75, 3.05) is 29.9 Å². The van der Waals surface area contributed by atoms with Gasteiger partial charge in [0.15, 0.2) is 0 Å². The fourth-order valence-electron chi connectivity index (χ4n) is 3.38. The van der Waals surface area contributed by atoms with Crippen molar-refractivity contribution in [2.24, 2.45) is 11.7 Å². The Kier molecular flexibility index (Phi) is 4.49. The zero-order valence-corrected chi connectivity index (χ0v) is 13.0. The number of benzene rings is 1. The van der Waals surface area contributed by atoms with Gasteiger partial charge in [-0.2, -0.15) is 0 Å². The summed E-state index contributed by atoms with van der Waals surface area (Å²) in [4.78, 5) is 2.39. The Balaban J connectivity index is 1.56. The minimum Gasteiger partial charge on any atom is -0.385 e. The molecular formula is C18H27N3. The van der Waals surface area contributed by atoms with E-state index in [1.54, 1.807) is 0 Å². The molecule has 0 spiro atoms. The van der Waals surface area contributed by atoms with Crippen LogP contribution in [0, 0.1) is 12.8 Å². The van der Waals surface area contributed by atoms with Crippen LogP contribution in [0.4, 0.5) is 11.4 Å². The van der Waals surface area contributed by atoms with Gasteiger partial charge in [-0.25, -0.2) is 0 Å². The molecule has 0 bridgehead atoms. The van der Waals surface area contributed by atoms with E-state index in [4.69, 9.17) is 5.73 Å². The monoisotopic (exact) mass is 285 g/mol. The summed E-state index contributed by atoms with van der Waals surface area (Å²) in [5.74, 6) is 0.784. The van der Waals surface area contributed by atoms with Gasteiger partial charge in [-0.05, 0) is 62.3 Å². The molecule has 21 heavy (non-hydrogen) atoms. The van der Waals surface area contributed by atoms with Crippen LogP contribution in [-0.2, 0) is 0 Å². The van der Waals surface area contributed by atoms with Crippen molar-refractivity contribution < 1.29 is 0 Å². The van der Waals surface area contributed by atoms with E-state index in [0.29, 0.717) is 6.04 Å². The molecule has 1 saturated carbocycles. The third-order valence-electron chi connectivity index (χ3n) is 4.87. The van der Waals surface area contributed by atoms with Crippen LogP contribution in [0.5, 0.6) is 0 Å². The van der Waals surface area contributed by atoms with Crippen molar-refractivity contribution in [3.05, 3.63) is 35.9 Å². The van der Waals surface area contributed by atoms with E-state index in [9.17, 15) is 0 Å². The van der Waals surface area contributed by atoms with Gasteiger partial charge < -0.3 is 16.0 Å². The molecule has 0 radical (unpaired) electrons. The molecule has 0 unspecified atom stereocenters. The third kappa shape index (κ3) is 3.59. The number of nitrogens with two attached hydrogens (primary N) is 1. The summed E-state index contributed by atoms with van der Waals surface area (Å²) in [6.45, 7) is 5.35. The first kappa shape index (κ1) is 14.5. The topological polar surface area (TPSA) is 41.3 Å². The molecular weight excluding hydrogens is 258 g/mol. The summed E-state index contributed by atoms with van der Waals surface area (Å²) in [7, 11) is 0. The van der Waals surface area contributed by atoms with Crippen LogP contribution in [0.1, 0.15) is 31.2 Å². The maximum absolute atomic E-state index is 5.97. The van der Waals surface area contributed by atoms with Gasteiger partial charge in [0.25, 0.3) is 0 Å². The predicted octanol–water partition coefficient (Wildman–Crippen LogP) is 3.30. The van der Waals surface area contributed by atoms with Crippen LogP contribution in [-0.4, -0.2) is 25.7 Å². The van der Waals surface area contributed by atoms with Crippen LogP contribution < -0.4 is 16.0 Å². The van der Waals surface area contributed by atoms with Gasteiger partial charge >= 0.3 is 0 Å². The molecule has 3 nitrogen and oxygen atoms in total. The highest BCUT2D eigenvalue weighted by Crippen LogP contribution is 2.26. The first-order valence-electron chi connectivity index (χ1n) is 8.22. The van der Waals surface area contributed by atoms with Gasteiger partial charge in [0, 0.05) is 37.1 Å². The lowest BCUT2D eigenvalue weighted by Crippen LogP contribution is -2.29. The second kappa shape index (κ2) is 6.52. The molecule has 1 heterocycles. The molecule has 0 saturated heterocycles. The van der Waals surface area contributed by atoms with Gasteiger partial charge in [-0.3, -0.25) is 0 Å². The van der Waals surface area contributed by atoms with Crippen molar-refractivity contribution in [3.8, 4) is 0 Å². The SMILES string of the molecule is Cc1cc(N2CC=CC2)ccc1NCC1CCC(N)CC1. The van der Waals surface area contributed by atoms with E-state index in [-0.39, 0.29) is 0 Å². The maximum atomic E-state index is 5.97. The molecule has 0 aromatic heterocycles. The summed E-state index contributed by atoms with van der Waals surface area (Å²) in [5, 5.41) is 3.64. The number of rotatable bonds is 4. The van der Waals surface area contributed by atoms with Gasteiger partial charge in [0.1, 0.15) is 0 Å². The molecule has 114 valence electrons. The minimum absolute atomic E-state index is 0.441. The van der Waals surface area contributed by atoms with Crippen LogP contribution in [0.15, 0.2) is 30.4 Å². The molecule has 1 fully saturated rings. The summed E-state index contributed by atoms with van der Waals surface area (Å²) in [6, 6.07) is 7.21. The van der Waals surface area contributed by atoms with Gasteiger partial charge in [-0.1, -0.05) is 12.2 Å². The zero-order chi connectivity index (χ0) is 14.7. The number of nitrogens with zero attached hydrogens (tertiary/aromatic N) is 1. The molecule has 3 rings (SSSR count). The number of aryl methyl sites for hydroxylation is 1. The average Bonchev–Trinajstić information content (AvgIpc) is 3.02. The van der Waals surface area contributed by atoms with Crippen LogP contribution in [0.25, 0.3) is 0 Å². The zero-order valence-electron chi connectivity index (χ0n) is 13.0. The molecule has 1 aliphatic heterocycles. The summed E-state index contributed by atoms with van der Waals surface area (Å²) < 4.78 is 0. The van der Waals surface area contributed by atoms with Gasteiger partial charge in [0.2, 0.25) is 0 Å². The van der Waals surface area contributed by atoms with E-state index in [0.717, 1.165) is 25.6 Å². The summed E-state index contributed by atoms with van der Waals surface area (Å²) in [6.07, 6.45) is 9.37. The normalized spacial score (nSPS) is 25.3. The standard InChI is InChI=1S/C18H27N3/c1-14-12-17(21-10-2-3-11-21)8-9-18(14)20-13-15-4-6-16(19)7-5-15/h2-3,8-9,12,15-16,20H,4-7,10-11,13,19H2,1H3. The van der Waals surface area contributed by atoms with E-state index < -0.39 is 0 Å². The Labute approximate surface area is 128 Å². The van der Waals surface area contributed by atoms with Crippen LogP contribution in [0.2, 0.25) is 0 Å². The second-order valence-electron chi connectivity index (χ2n) is 6.54.